The zero-order valence-corrected chi connectivity index (χ0v) is 15.3. The van der Waals surface area contributed by atoms with Gasteiger partial charge in [0.15, 0.2) is 23.9 Å². The van der Waals surface area contributed by atoms with Crippen molar-refractivity contribution in [1.82, 2.24) is 5.32 Å². The number of para-hydroxylation sites is 1. The van der Waals surface area contributed by atoms with Crippen LogP contribution in [0.25, 0.3) is 6.08 Å². The first kappa shape index (κ1) is 18.5. The van der Waals surface area contributed by atoms with Gasteiger partial charge >= 0.3 is 0 Å². The summed E-state index contributed by atoms with van der Waals surface area (Å²) >= 11 is 0. The largest absolute Gasteiger partial charge is 0.493 e. The zero-order valence-electron chi connectivity index (χ0n) is 15.3. The number of nitrogens with one attached hydrogen (secondary N) is 1. The lowest BCUT2D eigenvalue weighted by Crippen LogP contribution is -2.28. The Morgan fingerprint density at radius 1 is 1.22 bits per heavy atom. The van der Waals surface area contributed by atoms with Gasteiger partial charge in [-0.05, 0) is 42.8 Å². The molecule has 6 nitrogen and oxygen atoms in total. The molecule has 1 aliphatic heterocycles. The van der Waals surface area contributed by atoms with Crippen molar-refractivity contribution in [2.75, 3.05) is 26.9 Å². The number of hydrogen-bond acceptors (Lipinski definition) is 5. The van der Waals surface area contributed by atoms with E-state index in [9.17, 15) is 9.59 Å². The molecule has 0 bridgehead atoms. The maximum atomic E-state index is 12.6. The molecule has 0 atom stereocenters. The van der Waals surface area contributed by atoms with Gasteiger partial charge in [0.25, 0.3) is 5.91 Å². The summed E-state index contributed by atoms with van der Waals surface area (Å²) in [5, 5.41) is 2.67. The van der Waals surface area contributed by atoms with E-state index in [0.29, 0.717) is 34.9 Å². The highest BCUT2D eigenvalue weighted by molar-refractivity contribution is 6.14. The lowest BCUT2D eigenvalue weighted by Gasteiger charge is -2.18. The van der Waals surface area contributed by atoms with Crippen molar-refractivity contribution in [3.8, 4) is 17.2 Å². The number of ketones is 1. The lowest BCUT2D eigenvalue weighted by molar-refractivity contribution is -0.123. The monoisotopic (exact) mass is 367 g/mol. The molecular formula is C21H21NO5. The highest BCUT2D eigenvalue weighted by Gasteiger charge is 2.22. The van der Waals surface area contributed by atoms with Crippen molar-refractivity contribution in [1.29, 1.82) is 0 Å². The van der Waals surface area contributed by atoms with Crippen molar-refractivity contribution in [3.63, 3.8) is 0 Å². The number of likely N-dealkylation sites (N-methyl/N-ethyl adjacent to an activating group) is 1. The van der Waals surface area contributed by atoms with Crippen LogP contribution in [0.15, 0.2) is 48.0 Å². The van der Waals surface area contributed by atoms with Crippen molar-refractivity contribution in [2.24, 2.45) is 0 Å². The maximum Gasteiger partial charge on any atom is 0.257 e. The summed E-state index contributed by atoms with van der Waals surface area (Å²) in [6, 6.07) is 12.5. The topological polar surface area (TPSA) is 73.9 Å². The molecule has 0 aromatic heterocycles. The first-order chi connectivity index (χ1) is 13.1. The fourth-order valence-electron chi connectivity index (χ4n) is 2.77. The maximum absolute atomic E-state index is 12.6. The van der Waals surface area contributed by atoms with Gasteiger partial charge in [0.1, 0.15) is 12.4 Å². The van der Waals surface area contributed by atoms with Crippen LogP contribution in [0, 0.1) is 0 Å². The van der Waals surface area contributed by atoms with E-state index in [-0.39, 0.29) is 24.9 Å². The first-order valence-electron chi connectivity index (χ1n) is 8.67. The molecule has 1 heterocycles. The van der Waals surface area contributed by atoms with Gasteiger partial charge < -0.3 is 19.5 Å². The Kier molecular flexibility index (Phi) is 5.76. The minimum atomic E-state index is -0.200. The molecule has 6 heteroatoms. The van der Waals surface area contributed by atoms with E-state index in [1.165, 1.54) is 7.11 Å². The Labute approximate surface area is 157 Å². The molecule has 2 aromatic carbocycles. The molecule has 0 radical (unpaired) electrons. The predicted molar refractivity (Wildman–Crippen MR) is 101 cm³/mol. The second kappa shape index (κ2) is 8.40. The average molecular weight is 367 g/mol. The second-order valence-corrected chi connectivity index (χ2v) is 5.94. The van der Waals surface area contributed by atoms with Crippen molar-refractivity contribution in [2.45, 2.75) is 6.92 Å². The summed E-state index contributed by atoms with van der Waals surface area (Å²) in [5.41, 5.74) is 1.90. The fourth-order valence-corrected chi connectivity index (χ4v) is 2.77. The van der Waals surface area contributed by atoms with Crippen LogP contribution >= 0.6 is 0 Å². The van der Waals surface area contributed by atoms with Crippen LogP contribution in [0.4, 0.5) is 0 Å². The van der Waals surface area contributed by atoms with Gasteiger partial charge in [-0.3, -0.25) is 9.59 Å². The van der Waals surface area contributed by atoms with E-state index < -0.39 is 0 Å². The number of amides is 1. The number of methoxy groups -OCH3 is 1. The molecule has 1 aliphatic rings. The number of Topliss-reactive ketones (excluding diaryl/α,β-unsaturated/α-hetero) is 1. The predicted octanol–water partition coefficient (Wildman–Crippen LogP) is 2.87. The normalized spacial score (nSPS) is 14.3. The van der Waals surface area contributed by atoms with Crippen LogP contribution < -0.4 is 19.5 Å². The van der Waals surface area contributed by atoms with Crippen LogP contribution in [-0.4, -0.2) is 38.6 Å². The Hall–Kier alpha value is -3.28. The SMILES string of the molecule is CCNC(=O)COc1ccc(/C=C2/COc3ccccc3C2=O)cc1OC. The van der Waals surface area contributed by atoms with Crippen molar-refractivity contribution in [3.05, 3.63) is 59.2 Å². The van der Waals surface area contributed by atoms with E-state index in [1.807, 2.05) is 19.1 Å². The number of benzene rings is 2. The number of ether oxygens (including phenoxy) is 3. The van der Waals surface area contributed by atoms with Crippen LogP contribution in [0.3, 0.4) is 0 Å². The van der Waals surface area contributed by atoms with Crippen LogP contribution in [0.5, 0.6) is 17.2 Å². The highest BCUT2D eigenvalue weighted by Crippen LogP contribution is 2.31. The van der Waals surface area contributed by atoms with Crippen LogP contribution in [0.1, 0.15) is 22.8 Å². The Morgan fingerprint density at radius 3 is 2.81 bits per heavy atom. The Bertz CT molecular complexity index is 888. The zero-order chi connectivity index (χ0) is 19.2. The standard InChI is InChI=1S/C21H21NO5/c1-3-22-20(23)13-27-18-9-8-14(11-19(18)25-2)10-15-12-26-17-7-5-4-6-16(17)21(15)24/h4-11H,3,12-13H2,1-2H3,(H,22,23)/b15-10-. The third-order valence-electron chi connectivity index (χ3n) is 4.07. The minimum absolute atomic E-state index is 0.0487. The van der Waals surface area contributed by atoms with Crippen molar-refractivity contribution >= 4 is 17.8 Å². The summed E-state index contributed by atoms with van der Waals surface area (Å²) in [6.45, 7) is 2.52. The summed E-state index contributed by atoms with van der Waals surface area (Å²) in [4.78, 5) is 24.2. The molecule has 0 saturated heterocycles. The van der Waals surface area contributed by atoms with Crippen LogP contribution in [0.2, 0.25) is 0 Å². The molecule has 27 heavy (non-hydrogen) atoms. The molecule has 0 spiro atoms. The summed E-state index contributed by atoms with van der Waals surface area (Å²) < 4.78 is 16.5. The van der Waals surface area contributed by atoms with Gasteiger partial charge in [-0.1, -0.05) is 18.2 Å². The van der Waals surface area contributed by atoms with Crippen molar-refractivity contribution < 1.29 is 23.8 Å². The highest BCUT2D eigenvalue weighted by atomic mass is 16.5. The van der Waals surface area contributed by atoms with E-state index >= 15 is 0 Å². The third kappa shape index (κ3) is 4.28. The molecule has 0 aliphatic carbocycles. The molecule has 1 N–H and O–H groups in total. The second-order valence-electron chi connectivity index (χ2n) is 5.94. The van der Waals surface area contributed by atoms with E-state index in [0.717, 1.165) is 5.56 Å². The smallest absolute Gasteiger partial charge is 0.257 e. The number of hydrogen-bond donors (Lipinski definition) is 1. The summed E-state index contributed by atoms with van der Waals surface area (Å²) in [7, 11) is 1.52. The Morgan fingerprint density at radius 2 is 2.04 bits per heavy atom. The number of carbonyl (C=O) groups excluding carboxylic acids is 2. The summed E-state index contributed by atoms with van der Waals surface area (Å²) in [6.07, 6.45) is 1.77. The van der Waals surface area contributed by atoms with E-state index in [1.54, 1.807) is 36.4 Å². The molecular weight excluding hydrogens is 346 g/mol. The van der Waals surface area contributed by atoms with Gasteiger partial charge in [0.2, 0.25) is 0 Å². The van der Waals surface area contributed by atoms with Gasteiger partial charge in [-0.25, -0.2) is 0 Å². The summed E-state index contributed by atoms with van der Waals surface area (Å²) in [5.74, 6) is 1.30. The third-order valence-corrected chi connectivity index (χ3v) is 4.07. The van der Waals surface area contributed by atoms with Gasteiger partial charge in [-0.15, -0.1) is 0 Å². The van der Waals surface area contributed by atoms with Gasteiger partial charge in [0, 0.05) is 12.1 Å². The van der Waals surface area contributed by atoms with Crippen LogP contribution in [-0.2, 0) is 4.79 Å². The lowest BCUT2D eigenvalue weighted by atomic mass is 9.98. The number of fused-ring (bicyclic) bond motifs is 1. The Balaban J connectivity index is 1.79. The number of rotatable bonds is 6. The molecule has 3 rings (SSSR count). The molecule has 1 amide bonds. The molecule has 0 saturated carbocycles. The molecule has 0 fully saturated rings. The molecule has 140 valence electrons. The first-order valence-corrected chi connectivity index (χ1v) is 8.67. The fraction of sp³-hybridized carbons (Fsp3) is 0.238. The molecule has 0 unspecified atom stereocenters. The number of carbonyl (C=O) groups is 2. The quantitative estimate of drug-likeness (QED) is 0.795. The van der Waals surface area contributed by atoms with Gasteiger partial charge in [-0.2, -0.15) is 0 Å². The van der Waals surface area contributed by atoms with Gasteiger partial charge in [0.05, 0.1) is 12.7 Å². The van der Waals surface area contributed by atoms with E-state index in [2.05, 4.69) is 5.32 Å². The average Bonchev–Trinajstić information content (AvgIpc) is 2.69. The molecule has 2 aromatic rings. The minimum Gasteiger partial charge on any atom is -0.493 e. The van der Waals surface area contributed by atoms with E-state index in [4.69, 9.17) is 14.2 Å².